The molecular formula is C11H24N2. The van der Waals surface area contributed by atoms with Gasteiger partial charge >= 0.3 is 0 Å². The summed E-state index contributed by atoms with van der Waals surface area (Å²) in [6, 6.07) is 0.656. The molecule has 0 aromatic heterocycles. The lowest BCUT2D eigenvalue weighted by Gasteiger charge is -2.43. The van der Waals surface area contributed by atoms with Crippen LogP contribution < -0.4 is 11.5 Å². The highest BCUT2D eigenvalue weighted by atomic mass is 14.8. The summed E-state index contributed by atoms with van der Waals surface area (Å²) >= 11 is 0. The summed E-state index contributed by atoms with van der Waals surface area (Å²) in [5, 5.41) is 0. The van der Waals surface area contributed by atoms with E-state index in [0.717, 1.165) is 6.42 Å². The number of nitrogens with two attached hydrogens (primary N) is 2. The van der Waals surface area contributed by atoms with Crippen molar-refractivity contribution < 1.29 is 0 Å². The van der Waals surface area contributed by atoms with E-state index in [9.17, 15) is 0 Å². The lowest BCUT2D eigenvalue weighted by molar-refractivity contribution is 0.133. The van der Waals surface area contributed by atoms with Gasteiger partial charge in [0, 0.05) is 12.1 Å². The SMILES string of the molecule is CCC1CC(C)C(N)C(CC)C1N. The second kappa shape index (κ2) is 4.43. The second-order valence-corrected chi connectivity index (χ2v) is 4.61. The summed E-state index contributed by atoms with van der Waals surface area (Å²) in [5.74, 6) is 1.88. The van der Waals surface area contributed by atoms with Crippen LogP contribution >= 0.6 is 0 Å². The quantitative estimate of drug-likeness (QED) is 0.686. The Hall–Kier alpha value is -0.0800. The van der Waals surface area contributed by atoms with Crippen LogP contribution in [0.2, 0.25) is 0 Å². The molecule has 0 saturated heterocycles. The molecule has 0 aromatic carbocycles. The van der Waals surface area contributed by atoms with Crippen molar-refractivity contribution in [3.63, 3.8) is 0 Å². The van der Waals surface area contributed by atoms with Gasteiger partial charge in [-0.15, -0.1) is 0 Å². The minimum atomic E-state index is 0.322. The first-order valence-corrected chi connectivity index (χ1v) is 5.62. The van der Waals surface area contributed by atoms with Crippen LogP contribution in [0.4, 0.5) is 0 Å². The van der Waals surface area contributed by atoms with Crippen LogP contribution in [0.25, 0.3) is 0 Å². The van der Waals surface area contributed by atoms with Crippen molar-refractivity contribution in [1.29, 1.82) is 0 Å². The van der Waals surface area contributed by atoms with E-state index >= 15 is 0 Å². The van der Waals surface area contributed by atoms with Crippen LogP contribution in [-0.2, 0) is 0 Å². The van der Waals surface area contributed by atoms with Crippen molar-refractivity contribution in [3.8, 4) is 0 Å². The Balaban J connectivity index is 2.69. The van der Waals surface area contributed by atoms with Crippen LogP contribution in [0.1, 0.15) is 40.0 Å². The highest BCUT2D eigenvalue weighted by molar-refractivity contribution is 4.94. The average Bonchev–Trinajstić information content (AvgIpc) is 2.12. The molecule has 0 aliphatic heterocycles. The molecule has 78 valence electrons. The first kappa shape index (κ1) is 11.0. The predicted octanol–water partition coefficient (Wildman–Crippen LogP) is 1.73. The van der Waals surface area contributed by atoms with E-state index in [1.165, 1.54) is 12.8 Å². The maximum atomic E-state index is 6.22. The van der Waals surface area contributed by atoms with Crippen LogP contribution in [0.3, 0.4) is 0 Å². The molecule has 0 bridgehead atoms. The van der Waals surface area contributed by atoms with Gasteiger partial charge in [-0.1, -0.05) is 33.6 Å². The second-order valence-electron chi connectivity index (χ2n) is 4.61. The molecule has 0 heterocycles. The highest BCUT2D eigenvalue weighted by Gasteiger charge is 2.37. The van der Waals surface area contributed by atoms with E-state index in [2.05, 4.69) is 20.8 Å². The van der Waals surface area contributed by atoms with Crippen molar-refractivity contribution in [3.05, 3.63) is 0 Å². The summed E-state index contributed by atoms with van der Waals surface area (Å²) in [6.07, 6.45) is 3.55. The third kappa shape index (κ3) is 2.05. The molecule has 1 saturated carbocycles. The molecule has 5 atom stereocenters. The highest BCUT2D eigenvalue weighted by Crippen LogP contribution is 2.34. The van der Waals surface area contributed by atoms with Crippen LogP contribution in [0.5, 0.6) is 0 Å². The number of hydrogen-bond acceptors (Lipinski definition) is 2. The summed E-state index contributed by atoms with van der Waals surface area (Å²) < 4.78 is 0. The molecule has 0 spiro atoms. The Labute approximate surface area is 82.1 Å². The van der Waals surface area contributed by atoms with Crippen LogP contribution in [0.15, 0.2) is 0 Å². The van der Waals surface area contributed by atoms with Crippen molar-refractivity contribution >= 4 is 0 Å². The van der Waals surface area contributed by atoms with Gasteiger partial charge in [0.2, 0.25) is 0 Å². The zero-order chi connectivity index (χ0) is 10.0. The fraction of sp³-hybridized carbons (Fsp3) is 1.00. The summed E-state index contributed by atoms with van der Waals surface area (Å²) in [5.41, 5.74) is 12.4. The predicted molar refractivity (Wildman–Crippen MR) is 57.3 cm³/mol. The molecule has 1 fully saturated rings. The monoisotopic (exact) mass is 184 g/mol. The molecule has 5 unspecified atom stereocenters. The Morgan fingerprint density at radius 2 is 1.69 bits per heavy atom. The zero-order valence-electron chi connectivity index (χ0n) is 9.16. The largest absolute Gasteiger partial charge is 0.327 e. The third-order valence-electron chi connectivity index (χ3n) is 3.86. The molecule has 2 heteroatoms. The van der Waals surface area contributed by atoms with E-state index in [0.29, 0.717) is 29.8 Å². The van der Waals surface area contributed by atoms with Crippen molar-refractivity contribution in [2.75, 3.05) is 0 Å². The van der Waals surface area contributed by atoms with Gasteiger partial charge in [-0.25, -0.2) is 0 Å². The lowest BCUT2D eigenvalue weighted by Crippen LogP contribution is -2.54. The minimum Gasteiger partial charge on any atom is -0.327 e. The fourth-order valence-electron chi connectivity index (χ4n) is 2.80. The Bertz CT molecular complexity index is 158. The first-order chi connectivity index (χ1) is 6.11. The van der Waals surface area contributed by atoms with Crippen LogP contribution in [-0.4, -0.2) is 12.1 Å². The molecule has 0 aromatic rings. The first-order valence-electron chi connectivity index (χ1n) is 5.62. The maximum absolute atomic E-state index is 6.22. The van der Waals surface area contributed by atoms with E-state index in [1.54, 1.807) is 0 Å². The van der Waals surface area contributed by atoms with Crippen molar-refractivity contribution in [2.24, 2.45) is 29.2 Å². The van der Waals surface area contributed by atoms with E-state index in [1.807, 2.05) is 0 Å². The molecule has 1 rings (SSSR count). The molecule has 0 amide bonds. The van der Waals surface area contributed by atoms with Gasteiger partial charge in [-0.05, 0) is 24.2 Å². The maximum Gasteiger partial charge on any atom is 0.0110 e. The molecule has 13 heavy (non-hydrogen) atoms. The third-order valence-corrected chi connectivity index (χ3v) is 3.86. The van der Waals surface area contributed by atoms with E-state index < -0.39 is 0 Å². The Kier molecular flexibility index (Phi) is 3.74. The zero-order valence-corrected chi connectivity index (χ0v) is 9.16. The van der Waals surface area contributed by atoms with Gasteiger partial charge in [0.1, 0.15) is 0 Å². The van der Waals surface area contributed by atoms with Gasteiger partial charge in [0.15, 0.2) is 0 Å². The normalized spacial score (nSPS) is 46.4. The van der Waals surface area contributed by atoms with Gasteiger partial charge in [0.05, 0.1) is 0 Å². The molecule has 1 aliphatic carbocycles. The summed E-state index contributed by atoms with van der Waals surface area (Å²) in [6.45, 7) is 6.71. The van der Waals surface area contributed by atoms with Crippen LogP contribution in [0, 0.1) is 17.8 Å². The average molecular weight is 184 g/mol. The molecule has 0 radical (unpaired) electrons. The molecule has 1 aliphatic rings. The van der Waals surface area contributed by atoms with Gasteiger partial charge in [-0.2, -0.15) is 0 Å². The van der Waals surface area contributed by atoms with E-state index in [-0.39, 0.29) is 0 Å². The summed E-state index contributed by atoms with van der Waals surface area (Å²) in [4.78, 5) is 0. The van der Waals surface area contributed by atoms with Gasteiger partial charge in [-0.3, -0.25) is 0 Å². The van der Waals surface area contributed by atoms with Gasteiger partial charge in [0.25, 0.3) is 0 Å². The number of hydrogen-bond donors (Lipinski definition) is 2. The smallest absolute Gasteiger partial charge is 0.0110 e. The molecule has 2 nitrogen and oxygen atoms in total. The molecular weight excluding hydrogens is 160 g/mol. The Morgan fingerprint density at radius 1 is 1.08 bits per heavy atom. The topological polar surface area (TPSA) is 52.0 Å². The summed E-state index contributed by atoms with van der Waals surface area (Å²) in [7, 11) is 0. The lowest BCUT2D eigenvalue weighted by atomic mass is 9.68. The fourth-order valence-corrected chi connectivity index (χ4v) is 2.80. The van der Waals surface area contributed by atoms with Crippen molar-refractivity contribution in [2.45, 2.75) is 52.1 Å². The molecule has 4 N–H and O–H groups in total. The van der Waals surface area contributed by atoms with Crippen molar-refractivity contribution in [1.82, 2.24) is 0 Å². The Morgan fingerprint density at radius 3 is 2.15 bits per heavy atom. The number of rotatable bonds is 2. The van der Waals surface area contributed by atoms with Gasteiger partial charge < -0.3 is 11.5 Å². The minimum absolute atomic E-state index is 0.322. The van der Waals surface area contributed by atoms with E-state index in [4.69, 9.17) is 11.5 Å². The standard InChI is InChI=1S/C11H24N2/c1-4-8-6-7(3)10(12)9(5-2)11(8)13/h7-11H,4-6,12-13H2,1-3H3.